The zero-order valence-corrected chi connectivity index (χ0v) is 15.6. The summed E-state index contributed by atoms with van der Waals surface area (Å²) >= 11 is 0. The van der Waals surface area contributed by atoms with Crippen molar-refractivity contribution in [3.05, 3.63) is 59.7 Å². The first kappa shape index (κ1) is 20.8. The van der Waals surface area contributed by atoms with Crippen molar-refractivity contribution in [2.24, 2.45) is 5.73 Å². The lowest BCUT2D eigenvalue weighted by molar-refractivity contribution is -0.130. The molecular weight excluding hydrogens is 340 g/mol. The van der Waals surface area contributed by atoms with Crippen molar-refractivity contribution in [1.29, 1.82) is 0 Å². The molecule has 0 aliphatic carbocycles. The third-order valence-electron chi connectivity index (χ3n) is 3.95. The molecule has 2 rings (SSSR count). The van der Waals surface area contributed by atoms with E-state index in [1.807, 2.05) is 48.5 Å². The van der Waals surface area contributed by atoms with Gasteiger partial charge in [-0.3, -0.25) is 4.79 Å². The predicted molar refractivity (Wildman–Crippen MR) is 101 cm³/mol. The van der Waals surface area contributed by atoms with Crippen molar-refractivity contribution in [3.63, 3.8) is 0 Å². The summed E-state index contributed by atoms with van der Waals surface area (Å²) in [6, 6.07) is 14.9. The molecular formula is C19H25ClN2O3. The number of nitrogens with two attached hydrogens (primary N) is 1. The maximum atomic E-state index is 12.4. The Morgan fingerprint density at radius 1 is 1.12 bits per heavy atom. The molecule has 2 N–H and O–H groups in total. The first-order valence-electron chi connectivity index (χ1n) is 7.80. The Morgan fingerprint density at radius 2 is 1.80 bits per heavy atom. The molecule has 6 heteroatoms. The average molecular weight is 365 g/mol. The monoisotopic (exact) mass is 364 g/mol. The lowest BCUT2D eigenvalue weighted by Crippen LogP contribution is -2.29. The van der Waals surface area contributed by atoms with Crippen LogP contribution in [0.2, 0.25) is 0 Å². The highest BCUT2D eigenvalue weighted by atomic mass is 35.5. The summed E-state index contributed by atoms with van der Waals surface area (Å²) in [4.78, 5) is 14.1. The van der Waals surface area contributed by atoms with Crippen LogP contribution in [0.5, 0.6) is 11.5 Å². The first-order chi connectivity index (χ1) is 11.5. The number of methoxy groups -OCH3 is 2. The molecule has 0 saturated carbocycles. The Bertz CT molecular complexity index is 680. The Morgan fingerprint density at radius 3 is 2.40 bits per heavy atom. The number of ether oxygens (including phenoxy) is 2. The van der Waals surface area contributed by atoms with E-state index in [0.717, 1.165) is 16.9 Å². The lowest BCUT2D eigenvalue weighted by atomic mass is 10.0. The van der Waals surface area contributed by atoms with Crippen LogP contribution in [0, 0.1) is 0 Å². The minimum Gasteiger partial charge on any atom is -0.497 e. The SMILES string of the molecule is COc1ccc(CN(C)C(=O)CC(N)c2ccccc2)c(OC)c1.Cl. The number of rotatable bonds is 7. The van der Waals surface area contributed by atoms with E-state index in [2.05, 4.69) is 0 Å². The Balaban J connectivity index is 0.00000312. The number of benzene rings is 2. The molecule has 0 heterocycles. The molecule has 1 amide bonds. The van der Waals surface area contributed by atoms with E-state index in [-0.39, 0.29) is 30.8 Å². The molecule has 0 radical (unpaired) electrons. The molecule has 0 aromatic heterocycles. The molecule has 5 nitrogen and oxygen atoms in total. The van der Waals surface area contributed by atoms with Crippen LogP contribution < -0.4 is 15.2 Å². The third-order valence-corrected chi connectivity index (χ3v) is 3.95. The van der Waals surface area contributed by atoms with Gasteiger partial charge in [-0.05, 0) is 17.7 Å². The van der Waals surface area contributed by atoms with Crippen molar-refractivity contribution in [1.82, 2.24) is 4.90 Å². The number of nitrogens with zero attached hydrogens (tertiary/aromatic N) is 1. The molecule has 2 aromatic carbocycles. The lowest BCUT2D eigenvalue weighted by Gasteiger charge is -2.21. The van der Waals surface area contributed by atoms with Gasteiger partial charge in [-0.2, -0.15) is 0 Å². The fourth-order valence-electron chi connectivity index (χ4n) is 2.49. The van der Waals surface area contributed by atoms with Gasteiger partial charge < -0.3 is 20.1 Å². The smallest absolute Gasteiger partial charge is 0.224 e. The molecule has 0 aliphatic heterocycles. The van der Waals surface area contributed by atoms with Gasteiger partial charge in [0.15, 0.2) is 0 Å². The molecule has 0 saturated heterocycles. The number of carbonyl (C=O) groups excluding carboxylic acids is 1. The van der Waals surface area contributed by atoms with Crippen molar-refractivity contribution in [2.45, 2.75) is 19.0 Å². The van der Waals surface area contributed by atoms with Crippen LogP contribution in [0.3, 0.4) is 0 Å². The molecule has 0 aliphatic rings. The van der Waals surface area contributed by atoms with Gasteiger partial charge in [-0.25, -0.2) is 0 Å². The fraction of sp³-hybridized carbons (Fsp3) is 0.316. The zero-order valence-electron chi connectivity index (χ0n) is 14.8. The Hall–Kier alpha value is -2.24. The van der Waals surface area contributed by atoms with Crippen LogP contribution in [0.1, 0.15) is 23.6 Å². The van der Waals surface area contributed by atoms with Gasteiger partial charge in [-0.15, -0.1) is 12.4 Å². The minimum atomic E-state index is -0.307. The summed E-state index contributed by atoms with van der Waals surface area (Å²) < 4.78 is 10.6. The van der Waals surface area contributed by atoms with Gasteiger partial charge in [0, 0.05) is 37.7 Å². The minimum absolute atomic E-state index is 0. The number of carbonyl (C=O) groups is 1. The highest BCUT2D eigenvalue weighted by Crippen LogP contribution is 2.26. The second-order valence-electron chi connectivity index (χ2n) is 5.65. The van der Waals surface area contributed by atoms with E-state index in [1.54, 1.807) is 26.2 Å². The normalized spacial score (nSPS) is 11.2. The molecule has 1 unspecified atom stereocenters. The Kier molecular flexibility index (Phi) is 8.25. The average Bonchev–Trinajstić information content (AvgIpc) is 2.62. The molecule has 136 valence electrons. The van der Waals surface area contributed by atoms with Gasteiger partial charge in [-0.1, -0.05) is 30.3 Å². The number of halogens is 1. The van der Waals surface area contributed by atoms with Crippen molar-refractivity contribution in [3.8, 4) is 11.5 Å². The largest absolute Gasteiger partial charge is 0.497 e. The molecule has 1 atom stereocenters. The topological polar surface area (TPSA) is 64.8 Å². The van der Waals surface area contributed by atoms with Crippen molar-refractivity contribution in [2.75, 3.05) is 21.3 Å². The van der Waals surface area contributed by atoms with Gasteiger partial charge in [0.2, 0.25) is 5.91 Å². The van der Waals surface area contributed by atoms with Crippen LogP contribution in [0.15, 0.2) is 48.5 Å². The second-order valence-corrected chi connectivity index (χ2v) is 5.65. The van der Waals surface area contributed by atoms with E-state index in [0.29, 0.717) is 12.3 Å². The van der Waals surface area contributed by atoms with Crippen LogP contribution in [0.25, 0.3) is 0 Å². The predicted octanol–water partition coefficient (Wildman–Crippen LogP) is 3.17. The highest BCUT2D eigenvalue weighted by molar-refractivity contribution is 5.85. The van der Waals surface area contributed by atoms with Gasteiger partial charge in [0.05, 0.1) is 14.2 Å². The zero-order chi connectivity index (χ0) is 17.5. The van der Waals surface area contributed by atoms with Crippen LogP contribution in [-0.4, -0.2) is 32.1 Å². The van der Waals surface area contributed by atoms with Gasteiger partial charge in [0.1, 0.15) is 11.5 Å². The second kappa shape index (κ2) is 9.91. The maximum absolute atomic E-state index is 12.4. The van der Waals surface area contributed by atoms with E-state index in [9.17, 15) is 4.79 Å². The third kappa shape index (κ3) is 5.66. The summed E-state index contributed by atoms with van der Waals surface area (Å²) in [5, 5.41) is 0. The molecule has 2 aromatic rings. The van der Waals surface area contributed by atoms with Crippen molar-refractivity contribution >= 4 is 18.3 Å². The van der Waals surface area contributed by atoms with Crippen LogP contribution in [0.4, 0.5) is 0 Å². The van der Waals surface area contributed by atoms with E-state index < -0.39 is 0 Å². The standard InChI is InChI=1S/C19H24N2O3.ClH/c1-21(13-15-9-10-16(23-2)11-18(15)24-3)19(22)12-17(20)14-7-5-4-6-8-14;/h4-11,17H,12-13,20H2,1-3H3;1H. The van der Waals surface area contributed by atoms with Crippen LogP contribution in [-0.2, 0) is 11.3 Å². The molecule has 0 fully saturated rings. The summed E-state index contributed by atoms with van der Waals surface area (Å²) in [6.07, 6.45) is 0.263. The molecule has 0 bridgehead atoms. The summed E-state index contributed by atoms with van der Waals surface area (Å²) in [6.45, 7) is 0.452. The van der Waals surface area contributed by atoms with E-state index in [1.165, 1.54) is 0 Å². The summed E-state index contributed by atoms with van der Waals surface area (Å²) in [5.41, 5.74) is 8.01. The van der Waals surface area contributed by atoms with Gasteiger partial charge >= 0.3 is 0 Å². The fourth-order valence-corrected chi connectivity index (χ4v) is 2.49. The summed E-state index contributed by atoms with van der Waals surface area (Å²) in [7, 11) is 4.98. The maximum Gasteiger partial charge on any atom is 0.224 e. The summed E-state index contributed by atoms with van der Waals surface area (Å²) in [5.74, 6) is 1.40. The number of amides is 1. The molecule has 25 heavy (non-hydrogen) atoms. The number of hydrogen-bond acceptors (Lipinski definition) is 4. The van der Waals surface area contributed by atoms with Crippen LogP contribution >= 0.6 is 12.4 Å². The van der Waals surface area contributed by atoms with Gasteiger partial charge in [0.25, 0.3) is 0 Å². The van der Waals surface area contributed by atoms with E-state index >= 15 is 0 Å². The highest BCUT2D eigenvalue weighted by Gasteiger charge is 2.17. The first-order valence-corrected chi connectivity index (χ1v) is 7.80. The Labute approximate surface area is 155 Å². The number of hydrogen-bond donors (Lipinski definition) is 1. The van der Waals surface area contributed by atoms with Crippen molar-refractivity contribution < 1.29 is 14.3 Å². The quantitative estimate of drug-likeness (QED) is 0.819. The molecule has 0 spiro atoms. The van der Waals surface area contributed by atoms with E-state index in [4.69, 9.17) is 15.2 Å².